The number of sulfonamides is 1. The van der Waals surface area contributed by atoms with E-state index in [1.165, 1.54) is 18.2 Å². The first-order valence-electron chi connectivity index (χ1n) is 10.3. The molecule has 0 radical (unpaired) electrons. The van der Waals surface area contributed by atoms with Crippen molar-refractivity contribution >= 4 is 21.9 Å². The van der Waals surface area contributed by atoms with E-state index in [4.69, 9.17) is 9.47 Å². The third kappa shape index (κ3) is 4.57. The van der Waals surface area contributed by atoms with E-state index < -0.39 is 10.0 Å². The minimum Gasteiger partial charge on any atom is -0.486 e. The van der Waals surface area contributed by atoms with Gasteiger partial charge in [-0.05, 0) is 60.9 Å². The number of rotatable bonds is 5. The van der Waals surface area contributed by atoms with Crippen molar-refractivity contribution in [3.05, 3.63) is 59.7 Å². The Bertz CT molecular complexity index is 1040. The molecule has 2 aromatic rings. The molecular weight excluding hydrogens is 402 g/mol. The summed E-state index contributed by atoms with van der Waals surface area (Å²) in [6.45, 7) is 2.15. The van der Waals surface area contributed by atoms with Crippen LogP contribution in [0.15, 0.2) is 53.4 Å². The predicted octanol–water partition coefficient (Wildman–Crippen LogP) is 3.92. The molecule has 2 aromatic carbocycles. The van der Waals surface area contributed by atoms with Gasteiger partial charge in [-0.15, -0.1) is 0 Å². The second-order valence-corrected chi connectivity index (χ2v) is 9.38. The van der Waals surface area contributed by atoms with E-state index in [-0.39, 0.29) is 10.7 Å². The molecule has 30 heavy (non-hydrogen) atoms. The molecule has 0 amide bonds. The number of allylic oxidation sites excluding steroid dienone is 1. The molecule has 0 aliphatic carbocycles. The Balaban J connectivity index is 1.45. The maximum Gasteiger partial charge on any atom is 0.243 e. The average Bonchev–Trinajstić information content (AvgIpc) is 3.08. The number of ketones is 1. The topological polar surface area (TPSA) is 72.9 Å². The van der Waals surface area contributed by atoms with E-state index in [0.717, 1.165) is 31.2 Å². The van der Waals surface area contributed by atoms with E-state index >= 15 is 0 Å². The van der Waals surface area contributed by atoms with E-state index in [2.05, 4.69) is 0 Å². The molecule has 0 bridgehead atoms. The van der Waals surface area contributed by atoms with Crippen molar-refractivity contribution in [2.75, 3.05) is 26.3 Å². The van der Waals surface area contributed by atoms with Gasteiger partial charge >= 0.3 is 0 Å². The van der Waals surface area contributed by atoms with Crippen LogP contribution in [0.25, 0.3) is 6.08 Å². The highest BCUT2D eigenvalue weighted by molar-refractivity contribution is 7.89. The molecule has 158 valence electrons. The average molecular weight is 428 g/mol. The van der Waals surface area contributed by atoms with E-state index in [1.54, 1.807) is 22.5 Å². The molecule has 0 spiro atoms. The standard InChI is InChI=1S/C23H25NO5S/c25-21(11-5-18-6-12-22-23(17-18)29-16-15-28-22)19-7-9-20(10-8-19)30(26,27)24-13-3-1-2-4-14-24/h5-12,17H,1-4,13-16H2. The first-order valence-corrected chi connectivity index (χ1v) is 11.7. The van der Waals surface area contributed by atoms with Crippen molar-refractivity contribution in [3.63, 3.8) is 0 Å². The summed E-state index contributed by atoms with van der Waals surface area (Å²) < 4.78 is 38.3. The van der Waals surface area contributed by atoms with Crippen LogP contribution in [-0.4, -0.2) is 44.8 Å². The smallest absolute Gasteiger partial charge is 0.243 e. The van der Waals surface area contributed by atoms with Crippen LogP contribution >= 0.6 is 0 Å². The largest absolute Gasteiger partial charge is 0.486 e. The molecule has 4 rings (SSSR count). The lowest BCUT2D eigenvalue weighted by Gasteiger charge is -2.19. The van der Waals surface area contributed by atoms with Gasteiger partial charge in [0.25, 0.3) is 0 Å². The normalized spacial score (nSPS) is 17.6. The number of fused-ring (bicyclic) bond motifs is 1. The van der Waals surface area contributed by atoms with E-state index in [9.17, 15) is 13.2 Å². The molecule has 1 saturated heterocycles. The Morgan fingerprint density at radius 2 is 1.53 bits per heavy atom. The van der Waals surface area contributed by atoms with Crippen LogP contribution in [0.3, 0.4) is 0 Å². The van der Waals surface area contributed by atoms with Gasteiger partial charge in [0.05, 0.1) is 4.90 Å². The van der Waals surface area contributed by atoms with Crippen LogP contribution in [-0.2, 0) is 10.0 Å². The molecule has 6 nitrogen and oxygen atoms in total. The molecule has 0 unspecified atom stereocenters. The number of hydrogen-bond donors (Lipinski definition) is 0. The van der Waals surface area contributed by atoms with Gasteiger partial charge in [0.2, 0.25) is 10.0 Å². The maximum absolute atomic E-state index is 12.9. The summed E-state index contributed by atoms with van der Waals surface area (Å²) in [6.07, 6.45) is 7.09. The van der Waals surface area contributed by atoms with E-state index in [0.29, 0.717) is 43.4 Å². The summed E-state index contributed by atoms with van der Waals surface area (Å²) in [6, 6.07) is 11.7. The maximum atomic E-state index is 12.9. The Morgan fingerprint density at radius 3 is 2.23 bits per heavy atom. The van der Waals surface area contributed by atoms with Crippen molar-refractivity contribution in [2.45, 2.75) is 30.6 Å². The molecular formula is C23H25NO5S. The lowest BCUT2D eigenvalue weighted by Crippen LogP contribution is -2.31. The Kier molecular flexibility index (Phi) is 6.20. The molecule has 2 heterocycles. The minimum absolute atomic E-state index is 0.191. The second kappa shape index (κ2) is 9.02. The molecule has 2 aliphatic heterocycles. The molecule has 0 atom stereocenters. The Morgan fingerprint density at radius 1 is 0.867 bits per heavy atom. The fourth-order valence-electron chi connectivity index (χ4n) is 3.65. The van der Waals surface area contributed by atoms with Crippen LogP contribution in [0.4, 0.5) is 0 Å². The highest BCUT2D eigenvalue weighted by Gasteiger charge is 2.25. The van der Waals surface area contributed by atoms with Gasteiger partial charge in [0.1, 0.15) is 13.2 Å². The number of hydrogen-bond acceptors (Lipinski definition) is 5. The first-order chi connectivity index (χ1) is 14.5. The fourth-order valence-corrected chi connectivity index (χ4v) is 5.17. The lowest BCUT2D eigenvalue weighted by molar-refractivity contribution is 0.104. The number of ether oxygens (including phenoxy) is 2. The van der Waals surface area contributed by atoms with Crippen LogP contribution in [0, 0.1) is 0 Å². The summed E-state index contributed by atoms with van der Waals surface area (Å²) in [5.74, 6) is 1.17. The van der Waals surface area contributed by atoms with Gasteiger partial charge in [-0.2, -0.15) is 4.31 Å². The third-order valence-corrected chi connectivity index (χ3v) is 7.25. The highest BCUT2D eigenvalue weighted by Crippen LogP contribution is 2.31. The van der Waals surface area contributed by atoms with Crippen LogP contribution < -0.4 is 9.47 Å². The van der Waals surface area contributed by atoms with Gasteiger partial charge in [0.15, 0.2) is 17.3 Å². The van der Waals surface area contributed by atoms with Crippen molar-refractivity contribution in [2.24, 2.45) is 0 Å². The molecule has 2 aliphatic rings. The SMILES string of the molecule is O=C(C=Cc1ccc2c(c1)OCCO2)c1ccc(S(=O)(=O)N2CCCCCC2)cc1. The van der Waals surface area contributed by atoms with Crippen LogP contribution in [0.2, 0.25) is 0 Å². The van der Waals surface area contributed by atoms with Gasteiger partial charge in [-0.3, -0.25) is 4.79 Å². The zero-order chi connectivity index (χ0) is 21.0. The summed E-state index contributed by atoms with van der Waals surface area (Å²) in [7, 11) is -3.51. The number of nitrogens with zero attached hydrogens (tertiary/aromatic N) is 1. The molecule has 0 N–H and O–H groups in total. The quantitative estimate of drug-likeness (QED) is 0.534. The Labute approximate surface area is 177 Å². The van der Waals surface area contributed by atoms with Crippen molar-refractivity contribution in [1.82, 2.24) is 4.31 Å². The van der Waals surface area contributed by atoms with E-state index in [1.807, 2.05) is 18.2 Å². The van der Waals surface area contributed by atoms with Crippen LogP contribution in [0.5, 0.6) is 11.5 Å². The van der Waals surface area contributed by atoms with Gasteiger partial charge in [-0.25, -0.2) is 8.42 Å². The number of carbonyl (C=O) groups is 1. The van der Waals surface area contributed by atoms with Crippen molar-refractivity contribution in [1.29, 1.82) is 0 Å². The summed E-state index contributed by atoms with van der Waals surface area (Å²) in [4.78, 5) is 12.7. The minimum atomic E-state index is -3.51. The molecule has 7 heteroatoms. The number of carbonyl (C=O) groups excluding carboxylic acids is 1. The predicted molar refractivity (Wildman–Crippen MR) is 114 cm³/mol. The van der Waals surface area contributed by atoms with Gasteiger partial charge in [-0.1, -0.05) is 25.0 Å². The van der Waals surface area contributed by atoms with Crippen molar-refractivity contribution in [3.8, 4) is 11.5 Å². The number of benzene rings is 2. The fraction of sp³-hybridized carbons (Fsp3) is 0.348. The van der Waals surface area contributed by atoms with Crippen LogP contribution in [0.1, 0.15) is 41.6 Å². The van der Waals surface area contributed by atoms with Gasteiger partial charge < -0.3 is 9.47 Å². The zero-order valence-corrected chi connectivity index (χ0v) is 17.6. The lowest BCUT2D eigenvalue weighted by atomic mass is 10.1. The second-order valence-electron chi connectivity index (χ2n) is 7.44. The molecule has 1 fully saturated rings. The summed E-state index contributed by atoms with van der Waals surface area (Å²) >= 11 is 0. The monoisotopic (exact) mass is 427 g/mol. The highest BCUT2D eigenvalue weighted by atomic mass is 32.2. The Hall–Kier alpha value is -2.64. The third-order valence-electron chi connectivity index (χ3n) is 5.34. The van der Waals surface area contributed by atoms with Gasteiger partial charge in [0, 0.05) is 18.7 Å². The molecule has 0 aromatic heterocycles. The summed E-state index contributed by atoms with van der Waals surface area (Å²) in [5, 5.41) is 0. The molecule has 0 saturated carbocycles. The van der Waals surface area contributed by atoms with Crippen molar-refractivity contribution < 1.29 is 22.7 Å². The zero-order valence-electron chi connectivity index (χ0n) is 16.7. The summed E-state index contributed by atoms with van der Waals surface area (Å²) in [5.41, 5.74) is 1.27. The first kappa shape index (κ1) is 20.6.